The predicted octanol–water partition coefficient (Wildman–Crippen LogP) is 3.79. The van der Waals surface area contributed by atoms with Gasteiger partial charge in [-0.05, 0) is 75.2 Å². The first-order chi connectivity index (χ1) is 10.3. The molecule has 2 N–H and O–H groups in total. The molecule has 0 aliphatic heterocycles. The molecule has 120 valence electrons. The molecule has 0 saturated heterocycles. The monoisotopic (exact) mass is 290 g/mol. The molecule has 0 atom stereocenters. The van der Waals surface area contributed by atoms with Gasteiger partial charge in [-0.2, -0.15) is 0 Å². The Bertz CT molecular complexity index is 344. The van der Waals surface area contributed by atoms with Crippen LogP contribution in [-0.4, -0.2) is 29.6 Å². The normalized spacial score (nSPS) is 46.4. The van der Waals surface area contributed by atoms with Crippen molar-refractivity contribution in [3.05, 3.63) is 0 Å². The van der Waals surface area contributed by atoms with Crippen LogP contribution in [0.2, 0.25) is 0 Å². The maximum Gasteiger partial charge on any atom is 0.0391 e. The summed E-state index contributed by atoms with van der Waals surface area (Å²) < 4.78 is 0. The summed E-state index contributed by atoms with van der Waals surface area (Å²) in [7, 11) is 0. The Kier molecular flexibility index (Phi) is 3.82. The van der Waals surface area contributed by atoms with Crippen molar-refractivity contribution in [2.45, 2.75) is 82.7 Å². The molecule has 0 amide bonds. The first-order valence-electron chi connectivity index (χ1n) is 9.74. The fourth-order valence-electron chi connectivity index (χ4n) is 7.21. The van der Waals surface area contributed by atoms with Crippen molar-refractivity contribution < 1.29 is 0 Å². The molecule has 5 aliphatic rings. The highest BCUT2D eigenvalue weighted by Crippen LogP contribution is 2.60. The van der Waals surface area contributed by atoms with Gasteiger partial charge in [0.15, 0.2) is 0 Å². The van der Waals surface area contributed by atoms with Crippen molar-refractivity contribution in [3.8, 4) is 0 Å². The van der Waals surface area contributed by atoms with Gasteiger partial charge in [0.25, 0.3) is 0 Å². The van der Waals surface area contributed by atoms with Crippen molar-refractivity contribution >= 4 is 0 Å². The maximum atomic E-state index is 6.53. The number of hydrogen-bond acceptors (Lipinski definition) is 2. The molecule has 0 aromatic rings. The van der Waals surface area contributed by atoms with Gasteiger partial charge in [0.05, 0.1) is 0 Å². The van der Waals surface area contributed by atoms with Gasteiger partial charge in [-0.15, -0.1) is 0 Å². The highest BCUT2D eigenvalue weighted by Gasteiger charge is 2.59. The van der Waals surface area contributed by atoms with Gasteiger partial charge in [-0.1, -0.05) is 26.2 Å². The lowest BCUT2D eigenvalue weighted by atomic mass is 9.47. The Balaban J connectivity index is 1.65. The molecule has 0 spiro atoms. The smallest absolute Gasteiger partial charge is 0.0391 e. The fourth-order valence-corrected chi connectivity index (χ4v) is 7.21. The van der Waals surface area contributed by atoms with E-state index in [-0.39, 0.29) is 0 Å². The van der Waals surface area contributed by atoms with Crippen LogP contribution in [0.25, 0.3) is 0 Å². The highest BCUT2D eigenvalue weighted by atomic mass is 15.3. The summed E-state index contributed by atoms with van der Waals surface area (Å²) in [6, 6.07) is 0.838. The molecule has 2 heteroatoms. The van der Waals surface area contributed by atoms with E-state index in [9.17, 15) is 0 Å². The lowest BCUT2D eigenvalue weighted by Gasteiger charge is -2.66. The number of hydrogen-bond donors (Lipinski definition) is 1. The second kappa shape index (κ2) is 5.53. The molecule has 2 nitrogen and oxygen atoms in total. The first-order valence-corrected chi connectivity index (χ1v) is 9.74. The van der Waals surface area contributed by atoms with Crippen LogP contribution in [0.3, 0.4) is 0 Å². The standard InChI is InChI=1S/C19H34N2/c1-2-21(18-6-4-3-5-7-18)19(13-20)16-9-14-8-15(11-16)12-17(19)10-14/h14-18H,2-13,20H2,1H3. The third-order valence-corrected chi connectivity index (χ3v) is 7.77. The van der Waals surface area contributed by atoms with E-state index in [1.54, 1.807) is 6.42 Å². The summed E-state index contributed by atoms with van der Waals surface area (Å²) in [6.45, 7) is 4.55. The summed E-state index contributed by atoms with van der Waals surface area (Å²) in [5, 5.41) is 0. The minimum Gasteiger partial charge on any atom is -0.329 e. The molecule has 0 heterocycles. The van der Waals surface area contributed by atoms with Crippen LogP contribution in [-0.2, 0) is 0 Å². The molecule has 21 heavy (non-hydrogen) atoms. The topological polar surface area (TPSA) is 29.3 Å². The molecule has 5 saturated carbocycles. The molecule has 4 bridgehead atoms. The summed E-state index contributed by atoms with van der Waals surface area (Å²) >= 11 is 0. The van der Waals surface area contributed by atoms with Gasteiger partial charge in [0, 0.05) is 18.1 Å². The van der Waals surface area contributed by atoms with Crippen molar-refractivity contribution in [2.75, 3.05) is 13.1 Å². The molecule has 0 radical (unpaired) electrons. The zero-order chi connectivity index (χ0) is 14.4. The molecular formula is C19H34N2. The van der Waals surface area contributed by atoms with Crippen LogP contribution >= 0.6 is 0 Å². The van der Waals surface area contributed by atoms with Crippen molar-refractivity contribution in [1.82, 2.24) is 4.90 Å². The van der Waals surface area contributed by atoms with E-state index in [2.05, 4.69) is 11.8 Å². The highest BCUT2D eigenvalue weighted by molar-refractivity contribution is 5.13. The molecule has 5 rings (SSSR count). The minimum atomic E-state index is 0.379. The third kappa shape index (κ3) is 2.12. The predicted molar refractivity (Wildman–Crippen MR) is 88.1 cm³/mol. The quantitative estimate of drug-likeness (QED) is 0.853. The number of rotatable bonds is 4. The van der Waals surface area contributed by atoms with Crippen molar-refractivity contribution in [3.63, 3.8) is 0 Å². The van der Waals surface area contributed by atoms with Crippen LogP contribution < -0.4 is 5.73 Å². The molecule has 0 unspecified atom stereocenters. The third-order valence-electron chi connectivity index (χ3n) is 7.77. The Morgan fingerprint density at radius 2 is 1.48 bits per heavy atom. The number of likely N-dealkylation sites (N-methyl/N-ethyl adjacent to an activating group) is 1. The van der Waals surface area contributed by atoms with E-state index < -0.39 is 0 Å². The van der Waals surface area contributed by atoms with Gasteiger partial charge in [-0.3, -0.25) is 4.90 Å². The Morgan fingerprint density at radius 1 is 0.905 bits per heavy atom. The van der Waals surface area contributed by atoms with Crippen LogP contribution in [0.5, 0.6) is 0 Å². The van der Waals surface area contributed by atoms with E-state index in [1.807, 2.05) is 0 Å². The lowest BCUT2D eigenvalue weighted by molar-refractivity contribution is -0.146. The molecular weight excluding hydrogens is 256 g/mol. The zero-order valence-electron chi connectivity index (χ0n) is 13.9. The summed E-state index contributed by atoms with van der Waals surface area (Å²) in [5.41, 5.74) is 6.91. The molecule has 5 aliphatic carbocycles. The van der Waals surface area contributed by atoms with E-state index in [4.69, 9.17) is 5.73 Å². The Morgan fingerprint density at radius 3 is 1.95 bits per heavy atom. The first kappa shape index (κ1) is 14.5. The average molecular weight is 290 g/mol. The second-order valence-electron chi connectivity index (χ2n) is 8.58. The van der Waals surface area contributed by atoms with Crippen molar-refractivity contribution in [1.29, 1.82) is 0 Å². The summed E-state index contributed by atoms with van der Waals surface area (Å²) in [4.78, 5) is 2.94. The maximum absolute atomic E-state index is 6.53. The SMILES string of the molecule is CCN(C1CCCCC1)C1(CN)C2CC3CC(C2)CC1C3. The molecule has 0 aromatic carbocycles. The minimum absolute atomic E-state index is 0.379. The summed E-state index contributed by atoms with van der Waals surface area (Å²) in [6.07, 6.45) is 14.7. The Hall–Kier alpha value is -0.0800. The van der Waals surface area contributed by atoms with E-state index in [0.29, 0.717) is 5.54 Å². The van der Waals surface area contributed by atoms with Crippen LogP contribution in [0.4, 0.5) is 0 Å². The van der Waals surface area contributed by atoms with E-state index >= 15 is 0 Å². The largest absolute Gasteiger partial charge is 0.329 e. The van der Waals surface area contributed by atoms with Crippen molar-refractivity contribution in [2.24, 2.45) is 29.4 Å². The average Bonchev–Trinajstić information content (AvgIpc) is 2.51. The van der Waals surface area contributed by atoms with Crippen LogP contribution in [0.15, 0.2) is 0 Å². The van der Waals surface area contributed by atoms with Gasteiger partial charge >= 0.3 is 0 Å². The van der Waals surface area contributed by atoms with Crippen LogP contribution in [0, 0.1) is 23.7 Å². The molecule has 5 fully saturated rings. The van der Waals surface area contributed by atoms with Gasteiger partial charge < -0.3 is 5.73 Å². The number of nitrogens with zero attached hydrogens (tertiary/aromatic N) is 1. The molecule has 0 aromatic heterocycles. The number of nitrogens with two attached hydrogens (primary N) is 1. The van der Waals surface area contributed by atoms with Crippen LogP contribution in [0.1, 0.15) is 71.1 Å². The van der Waals surface area contributed by atoms with E-state index in [0.717, 1.165) is 36.3 Å². The van der Waals surface area contributed by atoms with Gasteiger partial charge in [0.1, 0.15) is 0 Å². The lowest BCUT2D eigenvalue weighted by Crippen LogP contribution is -2.71. The Labute approximate surface area is 130 Å². The fraction of sp³-hybridized carbons (Fsp3) is 1.00. The zero-order valence-corrected chi connectivity index (χ0v) is 13.9. The second-order valence-corrected chi connectivity index (χ2v) is 8.58. The summed E-state index contributed by atoms with van der Waals surface area (Å²) in [5.74, 6) is 3.94. The van der Waals surface area contributed by atoms with E-state index in [1.165, 1.54) is 64.3 Å². The van der Waals surface area contributed by atoms with Gasteiger partial charge in [0.2, 0.25) is 0 Å². The van der Waals surface area contributed by atoms with Gasteiger partial charge in [-0.25, -0.2) is 0 Å².